The largest absolute Gasteiger partial charge is 0.394 e. The number of nitrogens with one attached hydrogen (secondary N) is 1. The normalized spacial score (nSPS) is 20.2. The van der Waals surface area contributed by atoms with Crippen molar-refractivity contribution in [1.82, 2.24) is 5.32 Å². The van der Waals surface area contributed by atoms with E-state index in [1.807, 2.05) is 25.2 Å². The van der Waals surface area contributed by atoms with E-state index >= 15 is 0 Å². The first-order valence-electron chi connectivity index (χ1n) is 6.15. The Bertz CT molecular complexity index is 401. The Balaban J connectivity index is 2.20. The highest BCUT2D eigenvalue weighted by molar-refractivity contribution is 6.30. The summed E-state index contributed by atoms with van der Waals surface area (Å²) in [5.74, 6) is 0. The average Bonchev–Trinajstić information content (AvgIpc) is 2.39. The van der Waals surface area contributed by atoms with Gasteiger partial charge in [-0.2, -0.15) is 0 Å². The van der Waals surface area contributed by atoms with E-state index in [0.29, 0.717) is 6.61 Å². The molecule has 0 radical (unpaired) electrons. The second-order valence-corrected chi connectivity index (χ2v) is 4.86. The number of aliphatic hydroxyl groups excluding tert-OH is 1. The zero-order valence-corrected chi connectivity index (χ0v) is 11.3. The lowest BCUT2D eigenvalue weighted by Crippen LogP contribution is -2.44. The van der Waals surface area contributed by atoms with Crippen molar-refractivity contribution in [3.05, 3.63) is 28.8 Å². The monoisotopic (exact) mass is 270 g/mol. The molecule has 100 valence electrons. The van der Waals surface area contributed by atoms with Gasteiger partial charge in [0.15, 0.2) is 0 Å². The summed E-state index contributed by atoms with van der Waals surface area (Å²) in [5, 5.41) is 13.1. The molecular weight excluding hydrogens is 252 g/mol. The van der Waals surface area contributed by atoms with E-state index in [4.69, 9.17) is 16.3 Å². The molecule has 1 saturated heterocycles. The quantitative estimate of drug-likeness (QED) is 0.865. The maximum atomic E-state index is 9.19. The zero-order valence-electron chi connectivity index (χ0n) is 10.5. The number of aliphatic hydroxyl groups is 1. The van der Waals surface area contributed by atoms with Crippen molar-refractivity contribution in [2.75, 3.05) is 38.3 Å². The molecule has 18 heavy (non-hydrogen) atoms. The SMILES string of the molecule is CNCc1cc(Cl)ccc1N1CCOC(CO)C1. The average molecular weight is 271 g/mol. The van der Waals surface area contributed by atoms with Crippen LogP contribution in [0.4, 0.5) is 5.69 Å². The Labute approximate surface area is 113 Å². The van der Waals surface area contributed by atoms with Crippen LogP contribution in [0.25, 0.3) is 0 Å². The van der Waals surface area contributed by atoms with Gasteiger partial charge in [0.25, 0.3) is 0 Å². The van der Waals surface area contributed by atoms with E-state index in [1.54, 1.807) is 0 Å². The predicted octanol–water partition coefficient (Wildman–Crippen LogP) is 1.26. The third-order valence-electron chi connectivity index (χ3n) is 3.09. The Hall–Kier alpha value is -0.810. The first-order valence-corrected chi connectivity index (χ1v) is 6.53. The number of nitrogens with zero attached hydrogens (tertiary/aromatic N) is 1. The molecule has 1 atom stereocenters. The lowest BCUT2D eigenvalue weighted by Gasteiger charge is -2.35. The standard InChI is InChI=1S/C13H19ClN2O2/c1-15-7-10-6-11(14)2-3-13(10)16-4-5-18-12(8-16)9-17/h2-3,6,12,15,17H,4-5,7-9H2,1H3. The van der Waals surface area contributed by atoms with Crippen molar-refractivity contribution in [2.24, 2.45) is 0 Å². The van der Waals surface area contributed by atoms with Crippen LogP contribution in [0.1, 0.15) is 5.56 Å². The van der Waals surface area contributed by atoms with Gasteiger partial charge in [0.05, 0.1) is 19.3 Å². The van der Waals surface area contributed by atoms with Crippen LogP contribution >= 0.6 is 11.6 Å². The molecule has 1 aromatic rings. The second kappa shape index (κ2) is 6.38. The fourth-order valence-corrected chi connectivity index (χ4v) is 2.44. The molecule has 0 amide bonds. The topological polar surface area (TPSA) is 44.7 Å². The molecule has 1 aliphatic heterocycles. The molecule has 1 unspecified atom stereocenters. The minimum absolute atomic E-state index is 0.0610. The summed E-state index contributed by atoms with van der Waals surface area (Å²) in [7, 11) is 1.92. The summed E-state index contributed by atoms with van der Waals surface area (Å²) < 4.78 is 5.47. The van der Waals surface area contributed by atoms with Gasteiger partial charge in [-0.3, -0.25) is 0 Å². The van der Waals surface area contributed by atoms with Gasteiger partial charge >= 0.3 is 0 Å². The van der Waals surface area contributed by atoms with Crippen LogP contribution < -0.4 is 10.2 Å². The molecule has 2 rings (SSSR count). The van der Waals surface area contributed by atoms with Gasteiger partial charge in [-0.15, -0.1) is 0 Å². The van der Waals surface area contributed by atoms with Gasteiger partial charge in [0, 0.05) is 30.3 Å². The van der Waals surface area contributed by atoms with Crippen molar-refractivity contribution in [1.29, 1.82) is 0 Å². The first kappa shape index (κ1) is 13.6. The molecule has 0 bridgehead atoms. The molecule has 1 fully saturated rings. The van der Waals surface area contributed by atoms with Crippen LogP contribution in [0.2, 0.25) is 5.02 Å². The summed E-state index contributed by atoms with van der Waals surface area (Å²) in [6, 6.07) is 5.92. The summed E-state index contributed by atoms with van der Waals surface area (Å²) in [4.78, 5) is 2.24. The van der Waals surface area contributed by atoms with Gasteiger partial charge in [-0.1, -0.05) is 11.6 Å². The predicted molar refractivity (Wildman–Crippen MR) is 73.3 cm³/mol. The lowest BCUT2D eigenvalue weighted by atomic mass is 10.1. The third kappa shape index (κ3) is 3.14. The number of ether oxygens (including phenoxy) is 1. The first-order chi connectivity index (χ1) is 8.74. The molecule has 4 nitrogen and oxygen atoms in total. The second-order valence-electron chi connectivity index (χ2n) is 4.42. The zero-order chi connectivity index (χ0) is 13.0. The third-order valence-corrected chi connectivity index (χ3v) is 3.33. The van der Waals surface area contributed by atoms with E-state index in [2.05, 4.69) is 10.2 Å². The van der Waals surface area contributed by atoms with Crippen molar-refractivity contribution >= 4 is 17.3 Å². The van der Waals surface area contributed by atoms with Crippen molar-refractivity contribution < 1.29 is 9.84 Å². The maximum Gasteiger partial charge on any atom is 0.0980 e. The van der Waals surface area contributed by atoms with Crippen molar-refractivity contribution in [3.63, 3.8) is 0 Å². The summed E-state index contributed by atoms with van der Waals surface area (Å²) >= 11 is 6.04. The smallest absolute Gasteiger partial charge is 0.0980 e. The summed E-state index contributed by atoms with van der Waals surface area (Å²) in [5.41, 5.74) is 2.33. The van der Waals surface area contributed by atoms with Gasteiger partial charge in [0.1, 0.15) is 0 Å². The van der Waals surface area contributed by atoms with Crippen LogP contribution in [0, 0.1) is 0 Å². The van der Waals surface area contributed by atoms with E-state index in [1.165, 1.54) is 5.56 Å². The Morgan fingerprint density at radius 2 is 2.39 bits per heavy atom. The van der Waals surface area contributed by atoms with Crippen LogP contribution in [-0.4, -0.2) is 44.6 Å². The molecule has 2 N–H and O–H groups in total. The summed E-state index contributed by atoms with van der Waals surface area (Å²) in [6.07, 6.45) is -0.100. The molecular formula is C13H19ClN2O2. The van der Waals surface area contributed by atoms with Crippen molar-refractivity contribution in [2.45, 2.75) is 12.6 Å². The molecule has 1 aliphatic rings. The minimum atomic E-state index is -0.100. The number of morpholine rings is 1. The minimum Gasteiger partial charge on any atom is -0.394 e. The number of anilines is 1. The van der Waals surface area contributed by atoms with Crippen LogP contribution in [0.3, 0.4) is 0 Å². The van der Waals surface area contributed by atoms with Gasteiger partial charge in [-0.25, -0.2) is 0 Å². The Morgan fingerprint density at radius 3 is 3.11 bits per heavy atom. The van der Waals surface area contributed by atoms with Crippen molar-refractivity contribution in [3.8, 4) is 0 Å². The highest BCUT2D eigenvalue weighted by Crippen LogP contribution is 2.26. The fraction of sp³-hybridized carbons (Fsp3) is 0.538. The van der Waals surface area contributed by atoms with Gasteiger partial charge in [-0.05, 0) is 30.8 Å². The van der Waals surface area contributed by atoms with Crippen LogP contribution in [0.5, 0.6) is 0 Å². The molecule has 0 aliphatic carbocycles. The molecule has 1 heterocycles. The fourth-order valence-electron chi connectivity index (χ4n) is 2.24. The molecule has 0 aromatic heterocycles. The van der Waals surface area contributed by atoms with Crippen LogP contribution in [-0.2, 0) is 11.3 Å². The van der Waals surface area contributed by atoms with E-state index in [0.717, 1.165) is 30.3 Å². The number of halogens is 1. The van der Waals surface area contributed by atoms with Gasteiger partial charge in [0.2, 0.25) is 0 Å². The molecule has 5 heteroatoms. The molecule has 0 spiro atoms. The molecule has 1 aromatic carbocycles. The Morgan fingerprint density at radius 1 is 1.56 bits per heavy atom. The number of hydrogen-bond donors (Lipinski definition) is 2. The highest BCUT2D eigenvalue weighted by Gasteiger charge is 2.21. The van der Waals surface area contributed by atoms with Crippen LogP contribution in [0.15, 0.2) is 18.2 Å². The number of benzene rings is 1. The summed E-state index contributed by atoms with van der Waals surface area (Å²) in [6.45, 7) is 3.04. The number of hydrogen-bond acceptors (Lipinski definition) is 4. The molecule has 0 saturated carbocycles. The van der Waals surface area contributed by atoms with Gasteiger partial charge < -0.3 is 20.1 Å². The highest BCUT2D eigenvalue weighted by atomic mass is 35.5. The number of rotatable bonds is 4. The van der Waals surface area contributed by atoms with E-state index in [9.17, 15) is 5.11 Å². The maximum absolute atomic E-state index is 9.19. The van der Waals surface area contributed by atoms with E-state index in [-0.39, 0.29) is 12.7 Å². The van der Waals surface area contributed by atoms with E-state index < -0.39 is 0 Å². The Kier molecular flexibility index (Phi) is 4.83. The lowest BCUT2D eigenvalue weighted by molar-refractivity contribution is 0.00352.